The molecule has 0 radical (unpaired) electrons. The van der Waals surface area contributed by atoms with Crippen LogP contribution in [0.5, 0.6) is 5.75 Å². The number of ether oxygens (including phenoxy) is 2. The first-order valence-corrected chi connectivity index (χ1v) is 10.5. The Morgan fingerprint density at radius 1 is 1.31 bits per heavy atom. The van der Waals surface area contributed by atoms with Gasteiger partial charge in [-0.3, -0.25) is 9.69 Å². The van der Waals surface area contributed by atoms with Gasteiger partial charge in [-0.15, -0.1) is 0 Å². The summed E-state index contributed by atoms with van der Waals surface area (Å²) >= 11 is 0. The summed E-state index contributed by atoms with van der Waals surface area (Å²) in [6.45, 7) is 4.79. The number of amides is 1. The molecule has 2 aliphatic heterocycles. The molecule has 0 bridgehead atoms. The number of carbonyl (C=O) groups excluding carboxylic acids is 1. The van der Waals surface area contributed by atoms with Crippen molar-refractivity contribution in [1.82, 2.24) is 4.90 Å². The lowest BCUT2D eigenvalue weighted by atomic mass is 9.76. The van der Waals surface area contributed by atoms with E-state index in [2.05, 4.69) is 4.99 Å². The molecule has 2 aromatic carbocycles. The summed E-state index contributed by atoms with van der Waals surface area (Å²) in [6.07, 6.45) is 1.11. The van der Waals surface area contributed by atoms with E-state index in [4.69, 9.17) is 15.2 Å². The maximum Gasteiger partial charge on any atom is 0.261 e. The molecule has 2 N–H and O–H groups in total. The quantitative estimate of drug-likeness (QED) is 0.725. The highest BCUT2D eigenvalue weighted by atomic mass is 19.1. The molecule has 8 heteroatoms. The number of halogens is 1. The minimum atomic E-state index is -1.27. The molecule has 2 atom stereocenters. The van der Waals surface area contributed by atoms with Crippen LogP contribution in [-0.2, 0) is 15.1 Å². The third kappa shape index (κ3) is 3.59. The monoisotopic (exact) mass is 436 g/mol. The van der Waals surface area contributed by atoms with E-state index in [-0.39, 0.29) is 23.9 Å². The second-order valence-electron chi connectivity index (χ2n) is 8.53. The number of aliphatic imine (C=N–C) groups is 1. The van der Waals surface area contributed by atoms with Crippen molar-refractivity contribution in [3.05, 3.63) is 53.3 Å². The maximum absolute atomic E-state index is 14.1. The first-order valence-electron chi connectivity index (χ1n) is 10.5. The molecule has 166 valence electrons. The number of hydrogen-bond acceptors (Lipinski definition) is 6. The van der Waals surface area contributed by atoms with E-state index in [9.17, 15) is 14.4 Å². The third-order valence-electron chi connectivity index (χ3n) is 5.83. The van der Waals surface area contributed by atoms with Gasteiger partial charge in [-0.1, -0.05) is 13.0 Å². The number of nitrogens with zero attached hydrogens (tertiary/aromatic N) is 3. The maximum atomic E-state index is 14.1. The van der Waals surface area contributed by atoms with Gasteiger partial charge in [0.25, 0.3) is 5.91 Å². The zero-order valence-corrected chi connectivity index (χ0v) is 18.3. The van der Waals surface area contributed by atoms with Crippen LogP contribution in [0.15, 0.2) is 41.4 Å². The molecular weight excluding hydrogens is 411 g/mol. The zero-order valence-electron chi connectivity index (χ0n) is 18.3. The number of guanidine groups is 1. The molecule has 2 heterocycles. The van der Waals surface area contributed by atoms with Gasteiger partial charge < -0.3 is 15.2 Å². The highest BCUT2D eigenvalue weighted by Gasteiger charge is 2.56. The first-order chi connectivity index (χ1) is 15.2. The number of hydrogen-bond donors (Lipinski definition) is 1. The van der Waals surface area contributed by atoms with Crippen molar-refractivity contribution >= 4 is 11.9 Å². The Labute approximate surface area is 186 Å². The van der Waals surface area contributed by atoms with Crippen molar-refractivity contribution < 1.29 is 18.7 Å². The smallest absolute Gasteiger partial charge is 0.261 e. The summed E-state index contributed by atoms with van der Waals surface area (Å²) in [5.74, 6) is -0.139. The average molecular weight is 436 g/mol. The van der Waals surface area contributed by atoms with Crippen molar-refractivity contribution in [2.45, 2.75) is 37.8 Å². The Bertz CT molecular complexity index is 1160. The van der Waals surface area contributed by atoms with E-state index in [0.717, 1.165) is 6.42 Å². The van der Waals surface area contributed by atoms with Crippen LogP contribution in [0, 0.1) is 17.1 Å². The summed E-state index contributed by atoms with van der Waals surface area (Å²) in [6, 6.07) is 11.4. The molecule has 7 nitrogen and oxygen atoms in total. The topological polar surface area (TPSA) is 101 Å². The Balaban J connectivity index is 1.85. The minimum absolute atomic E-state index is 0.127. The van der Waals surface area contributed by atoms with Gasteiger partial charge in [0.05, 0.1) is 18.2 Å². The number of benzene rings is 2. The van der Waals surface area contributed by atoms with Gasteiger partial charge in [-0.25, -0.2) is 9.38 Å². The van der Waals surface area contributed by atoms with Crippen LogP contribution in [-0.4, -0.2) is 42.6 Å². The minimum Gasteiger partial charge on any atom is -0.485 e. The average Bonchev–Trinajstić information content (AvgIpc) is 2.97. The number of fused-ring (bicyclic) bond motifs is 2. The van der Waals surface area contributed by atoms with Crippen LogP contribution in [0.2, 0.25) is 0 Å². The van der Waals surface area contributed by atoms with Crippen LogP contribution in [0.25, 0.3) is 11.1 Å². The number of nitrogens with two attached hydrogens (primary N) is 1. The van der Waals surface area contributed by atoms with Crippen molar-refractivity contribution in [2.75, 3.05) is 20.3 Å². The molecule has 4 rings (SSSR count). The van der Waals surface area contributed by atoms with Gasteiger partial charge in [0.1, 0.15) is 17.2 Å². The van der Waals surface area contributed by atoms with Gasteiger partial charge in [0.15, 0.2) is 11.5 Å². The fourth-order valence-electron chi connectivity index (χ4n) is 4.38. The van der Waals surface area contributed by atoms with E-state index in [1.165, 1.54) is 17.0 Å². The summed E-state index contributed by atoms with van der Waals surface area (Å²) in [5, 5.41) is 9.20. The molecule has 0 aromatic heterocycles. The van der Waals surface area contributed by atoms with Crippen molar-refractivity contribution in [1.29, 1.82) is 5.26 Å². The fourth-order valence-corrected chi connectivity index (χ4v) is 4.38. The fraction of sp³-hybridized carbons (Fsp3) is 0.375. The standard InChI is InChI=1S/C24H25FN4O3/c1-4-7-31-14-23(2)13-24(21(30)29(3)22(27)28-24)19-11-16(5-6-20(19)32-23)17-8-15(12-26)9-18(25)10-17/h5-6,8-11H,4,7,13-14H2,1-3H3,(H2,27,28)/t23-,24+/m1/s1. The number of nitriles is 1. The zero-order chi connectivity index (χ0) is 23.1. The number of carbonyl (C=O) groups is 1. The molecule has 0 saturated heterocycles. The van der Waals surface area contributed by atoms with Crippen LogP contribution in [0.1, 0.15) is 37.8 Å². The largest absolute Gasteiger partial charge is 0.485 e. The Hall–Kier alpha value is -3.44. The van der Waals surface area contributed by atoms with Crippen LogP contribution in [0.3, 0.4) is 0 Å². The molecule has 0 aliphatic carbocycles. The normalized spacial score (nSPS) is 24.2. The highest BCUT2D eigenvalue weighted by Crippen LogP contribution is 2.50. The predicted octanol–water partition coefficient (Wildman–Crippen LogP) is 3.31. The van der Waals surface area contributed by atoms with Gasteiger partial charge >= 0.3 is 0 Å². The summed E-state index contributed by atoms with van der Waals surface area (Å²) in [7, 11) is 1.59. The van der Waals surface area contributed by atoms with Crippen LogP contribution >= 0.6 is 0 Å². The third-order valence-corrected chi connectivity index (χ3v) is 5.83. The number of rotatable bonds is 5. The Morgan fingerprint density at radius 3 is 2.75 bits per heavy atom. The van der Waals surface area contributed by atoms with E-state index in [1.807, 2.05) is 19.9 Å². The van der Waals surface area contributed by atoms with Gasteiger partial charge in [0.2, 0.25) is 0 Å². The van der Waals surface area contributed by atoms with E-state index in [0.29, 0.717) is 35.7 Å². The Kier molecular flexibility index (Phi) is 5.39. The van der Waals surface area contributed by atoms with Gasteiger partial charge in [-0.05, 0) is 54.8 Å². The van der Waals surface area contributed by atoms with Crippen molar-refractivity contribution in [2.24, 2.45) is 10.7 Å². The SMILES string of the molecule is CCCOC[C@@]1(C)C[C@]2(N=C(N)N(C)C2=O)c2cc(-c3cc(F)cc(C#N)c3)ccc2O1. The molecule has 0 unspecified atom stereocenters. The van der Waals surface area contributed by atoms with E-state index < -0.39 is 17.0 Å². The summed E-state index contributed by atoms with van der Waals surface area (Å²) in [4.78, 5) is 19.3. The lowest BCUT2D eigenvalue weighted by Gasteiger charge is -2.43. The number of likely N-dealkylation sites (N-methyl/N-ethyl adjacent to an activating group) is 1. The molecule has 2 aromatic rings. The second-order valence-corrected chi connectivity index (χ2v) is 8.53. The van der Waals surface area contributed by atoms with Crippen molar-refractivity contribution in [3.63, 3.8) is 0 Å². The molecule has 0 fully saturated rings. The van der Waals surface area contributed by atoms with E-state index in [1.54, 1.807) is 31.3 Å². The van der Waals surface area contributed by atoms with Crippen LogP contribution in [0.4, 0.5) is 4.39 Å². The van der Waals surface area contributed by atoms with Gasteiger partial charge in [0, 0.05) is 25.6 Å². The molecule has 32 heavy (non-hydrogen) atoms. The highest BCUT2D eigenvalue weighted by molar-refractivity contribution is 6.07. The molecule has 1 spiro atoms. The second kappa shape index (κ2) is 7.92. The van der Waals surface area contributed by atoms with E-state index >= 15 is 0 Å². The predicted molar refractivity (Wildman–Crippen MR) is 117 cm³/mol. The lowest BCUT2D eigenvalue weighted by Crippen LogP contribution is -2.52. The summed E-state index contributed by atoms with van der Waals surface area (Å²) < 4.78 is 26.1. The van der Waals surface area contributed by atoms with Gasteiger partial charge in [-0.2, -0.15) is 5.26 Å². The molecule has 0 saturated carbocycles. The van der Waals surface area contributed by atoms with Crippen LogP contribution < -0.4 is 10.5 Å². The molecular formula is C24H25FN4O3. The Morgan fingerprint density at radius 2 is 2.09 bits per heavy atom. The lowest BCUT2D eigenvalue weighted by molar-refractivity contribution is -0.135. The summed E-state index contributed by atoms with van der Waals surface area (Å²) in [5.41, 5.74) is 5.93. The first kappa shape index (κ1) is 21.8. The molecule has 1 amide bonds. The molecule has 2 aliphatic rings. The van der Waals surface area contributed by atoms with Crippen molar-refractivity contribution in [3.8, 4) is 22.9 Å².